The van der Waals surface area contributed by atoms with Crippen molar-refractivity contribution in [1.82, 2.24) is 10.3 Å². The second-order valence-corrected chi connectivity index (χ2v) is 5.59. The monoisotopic (exact) mass is 254 g/mol. The Morgan fingerprint density at radius 2 is 2.26 bits per heavy atom. The van der Waals surface area contributed by atoms with Gasteiger partial charge in [0.25, 0.3) is 0 Å². The molecule has 0 saturated heterocycles. The molecule has 1 aliphatic carbocycles. The van der Waals surface area contributed by atoms with Crippen LogP contribution in [0.1, 0.15) is 31.0 Å². The van der Waals surface area contributed by atoms with Crippen LogP contribution in [-0.4, -0.2) is 10.9 Å². The molecule has 2 aromatic rings. The number of hydrogen-bond donors (Lipinski definition) is 2. The fraction of sp³-hybridized carbons (Fsp3) is 0.312. The van der Waals surface area contributed by atoms with E-state index in [1.807, 2.05) is 19.1 Å². The van der Waals surface area contributed by atoms with Crippen molar-refractivity contribution in [2.75, 3.05) is 0 Å². The van der Waals surface area contributed by atoms with Crippen LogP contribution in [0.15, 0.2) is 30.8 Å². The smallest absolute Gasteiger partial charge is 0.226 e. The van der Waals surface area contributed by atoms with Gasteiger partial charge in [0.05, 0.1) is 6.54 Å². The maximum absolute atomic E-state index is 11.9. The van der Waals surface area contributed by atoms with E-state index < -0.39 is 0 Å². The zero-order valence-corrected chi connectivity index (χ0v) is 11.1. The zero-order valence-electron chi connectivity index (χ0n) is 11.1. The third-order valence-corrected chi connectivity index (χ3v) is 3.93. The summed E-state index contributed by atoms with van der Waals surface area (Å²) in [6.45, 7) is 6.35. The topological polar surface area (TPSA) is 44.9 Å². The molecule has 1 heterocycles. The van der Waals surface area contributed by atoms with Gasteiger partial charge in [0.2, 0.25) is 5.91 Å². The summed E-state index contributed by atoms with van der Waals surface area (Å²) < 4.78 is 0. The van der Waals surface area contributed by atoms with Gasteiger partial charge in [0.15, 0.2) is 0 Å². The van der Waals surface area contributed by atoms with E-state index in [4.69, 9.17) is 0 Å². The lowest BCUT2D eigenvalue weighted by atomic mass is 10.1. The lowest BCUT2D eigenvalue weighted by molar-refractivity contribution is -0.125. The van der Waals surface area contributed by atoms with Crippen LogP contribution in [-0.2, 0) is 11.3 Å². The molecule has 3 rings (SSSR count). The van der Waals surface area contributed by atoms with Gasteiger partial charge in [-0.2, -0.15) is 0 Å². The summed E-state index contributed by atoms with van der Waals surface area (Å²) in [5.41, 5.74) is 3.10. The van der Waals surface area contributed by atoms with Crippen LogP contribution >= 0.6 is 0 Å². The Morgan fingerprint density at radius 3 is 2.95 bits per heavy atom. The molecule has 0 aliphatic heterocycles. The zero-order chi connectivity index (χ0) is 13.5. The largest absolute Gasteiger partial charge is 0.357 e. The van der Waals surface area contributed by atoms with Gasteiger partial charge >= 0.3 is 0 Å². The van der Waals surface area contributed by atoms with E-state index in [0.29, 0.717) is 6.54 Å². The minimum atomic E-state index is -0.109. The van der Waals surface area contributed by atoms with E-state index in [1.165, 1.54) is 0 Å². The summed E-state index contributed by atoms with van der Waals surface area (Å²) in [6, 6.07) is 8.25. The van der Waals surface area contributed by atoms with E-state index in [9.17, 15) is 4.79 Å². The Balaban J connectivity index is 1.74. The molecule has 1 aromatic heterocycles. The molecule has 1 aliphatic rings. The van der Waals surface area contributed by atoms with Crippen LogP contribution in [0, 0.1) is 5.41 Å². The number of fused-ring (bicyclic) bond motifs is 1. The average Bonchev–Trinajstić information content (AvgIpc) is 3.04. The third-order valence-electron chi connectivity index (χ3n) is 3.93. The number of nitrogens with one attached hydrogen (secondary N) is 2. The van der Waals surface area contributed by atoms with Crippen LogP contribution in [0.5, 0.6) is 0 Å². The fourth-order valence-electron chi connectivity index (χ4n) is 2.23. The maximum Gasteiger partial charge on any atom is 0.226 e. The molecule has 3 heteroatoms. The first-order valence-corrected chi connectivity index (χ1v) is 6.63. The first kappa shape index (κ1) is 12.0. The number of amides is 1. The van der Waals surface area contributed by atoms with Gasteiger partial charge in [-0.3, -0.25) is 4.79 Å². The van der Waals surface area contributed by atoms with Gasteiger partial charge in [0, 0.05) is 16.6 Å². The second kappa shape index (κ2) is 4.26. The Labute approximate surface area is 112 Å². The summed E-state index contributed by atoms with van der Waals surface area (Å²) in [6.07, 6.45) is 3.85. The normalized spacial score (nSPS) is 16.3. The molecule has 2 N–H and O–H groups in total. The molecule has 0 radical (unpaired) electrons. The van der Waals surface area contributed by atoms with Crippen LogP contribution in [0.2, 0.25) is 0 Å². The molecule has 1 aromatic carbocycles. The van der Waals surface area contributed by atoms with E-state index in [-0.39, 0.29) is 11.3 Å². The van der Waals surface area contributed by atoms with Crippen LogP contribution < -0.4 is 5.32 Å². The minimum absolute atomic E-state index is 0.109. The van der Waals surface area contributed by atoms with E-state index in [1.54, 1.807) is 0 Å². The molecule has 0 unspecified atom stereocenters. The average molecular weight is 254 g/mol. The lowest BCUT2D eigenvalue weighted by Crippen LogP contribution is -2.29. The number of carbonyl (C=O) groups excluding carboxylic acids is 1. The van der Waals surface area contributed by atoms with Gasteiger partial charge in [-0.25, -0.2) is 0 Å². The maximum atomic E-state index is 11.9. The molecule has 1 saturated carbocycles. The summed E-state index contributed by atoms with van der Waals surface area (Å²) in [7, 11) is 0. The van der Waals surface area contributed by atoms with Gasteiger partial charge in [-0.1, -0.05) is 31.7 Å². The van der Waals surface area contributed by atoms with Gasteiger partial charge in [0.1, 0.15) is 0 Å². The number of hydrogen-bond acceptors (Lipinski definition) is 1. The number of benzene rings is 1. The second-order valence-electron chi connectivity index (χ2n) is 5.59. The fourth-order valence-corrected chi connectivity index (χ4v) is 2.23. The SMILES string of the molecule is C=Cc1ccc2cc(CNC(=O)C3(C)CC3)[nH]c2c1. The number of rotatable bonds is 4. The Kier molecular flexibility index (Phi) is 2.70. The summed E-state index contributed by atoms with van der Waals surface area (Å²) in [4.78, 5) is 15.2. The molecule has 1 fully saturated rings. The van der Waals surface area contributed by atoms with Crippen molar-refractivity contribution >= 4 is 22.9 Å². The predicted octanol–water partition coefficient (Wildman–Crippen LogP) is 3.23. The number of H-pyrrole nitrogens is 1. The van der Waals surface area contributed by atoms with Gasteiger partial charge < -0.3 is 10.3 Å². The van der Waals surface area contributed by atoms with Crippen molar-refractivity contribution in [1.29, 1.82) is 0 Å². The highest BCUT2D eigenvalue weighted by atomic mass is 16.2. The number of carbonyl (C=O) groups is 1. The van der Waals surface area contributed by atoms with Gasteiger partial charge in [-0.05, 0) is 35.9 Å². The first-order valence-electron chi connectivity index (χ1n) is 6.63. The summed E-state index contributed by atoms with van der Waals surface area (Å²) in [5, 5.41) is 4.16. The van der Waals surface area contributed by atoms with Crippen molar-refractivity contribution in [3.63, 3.8) is 0 Å². The molecule has 1 amide bonds. The number of aromatic nitrogens is 1. The van der Waals surface area contributed by atoms with Gasteiger partial charge in [-0.15, -0.1) is 0 Å². The van der Waals surface area contributed by atoms with E-state index in [0.717, 1.165) is 35.0 Å². The van der Waals surface area contributed by atoms with Crippen LogP contribution in [0.4, 0.5) is 0 Å². The standard InChI is InChI=1S/C16H18N2O/c1-3-11-4-5-12-9-13(18-14(12)8-11)10-17-15(19)16(2)6-7-16/h3-5,8-9,18H,1,6-7,10H2,2H3,(H,17,19). The molecule has 0 atom stereocenters. The van der Waals surface area contributed by atoms with Crippen molar-refractivity contribution in [2.45, 2.75) is 26.3 Å². The predicted molar refractivity (Wildman–Crippen MR) is 77.6 cm³/mol. The van der Waals surface area contributed by atoms with Crippen LogP contribution in [0.25, 0.3) is 17.0 Å². The molecule has 98 valence electrons. The van der Waals surface area contributed by atoms with Crippen molar-refractivity contribution in [3.8, 4) is 0 Å². The van der Waals surface area contributed by atoms with Crippen molar-refractivity contribution in [2.24, 2.45) is 5.41 Å². The molecule has 0 bridgehead atoms. The molecular weight excluding hydrogens is 236 g/mol. The molecular formula is C16H18N2O. The summed E-state index contributed by atoms with van der Waals surface area (Å²) >= 11 is 0. The number of aromatic amines is 1. The quantitative estimate of drug-likeness (QED) is 0.864. The van der Waals surface area contributed by atoms with Crippen molar-refractivity contribution in [3.05, 3.63) is 42.1 Å². The first-order chi connectivity index (χ1) is 9.10. The highest BCUT2D eigenvalue weighted by molar-refractivity contribution is 5.85. The van der Waals surface area contributed by atoms with Crippen LogP contribution in [0.3, 0.4) is 0 Å². The highest BCUT2D eigenvalue weighted by Gasteiger charge is 2.44. The lowest BCUT2D eigenvalue weighted by Gasteiger charge is -2.08. The minimum Gasteiger partial charge on any atom is -0.357 e. The third kappa shape index (κ3) is 2.28. The van der Waals surface area contributed by atoms with E-state index in [2.05, 4.69) is 35.1 Å². The Morgan fingerprint density at radius 1 is 1.47 bits per heavy atom. The Hall–Kier alpha value is -2.03. The summed E-state index contributed by atoms with van der Waals surface area (Å²) in [5.74, 6) is 0.165. The highest BCUT2D eigenvalue weighted by Crippen LogP contribution is 2.45. The molecule has 19 heavy (non-hydrogen) atoms. The Bertz CT molecular complexity index is 650. The van der Waals surface area contributed by atoms with E-state index >= 15 is 0 Å². The van der Waals surface area contributed by atoms with Crippen molar-refractivity contribution < 1.29 is 4.79 Å². The molecule has 0 spiro atoms. The molecule has 3 nitrogen and oxygen atoms in total.